The molecule has 0 atom stereocenters. The molecule has 0 radical (unpaired) electrons. The molecule has 5 heteroatoms. The minimum atomic E-state index is -1.26. The van der Waals surface area contributed by atoms with Crippen molar-refractivity contribution in [1.82, 2.24) is 9.78 Å². The van der Waals surface area contributed by atoms with Crippen molar-refractivity contribution >= 4 is 5.97 Å². The zero-order chi connectivity index (χ0) is 14.2. The molecule has 1 N–H and O–H groups in total. The fourth-order valence-electron chi connectivity index (χ4n) is 1.92. The number of aryl methyl sites for hydroxylation is 1. The third kappa shape index (κ3) is 2.50. The van der Waals surface area contributed by atoms with Gasteiger partial charge in [-0.15, -0.1) is 0 Å². The molecule has 0 amide bonds. The van der Waals surface area contributed by atoms with Gasteiger partial charge in [0, 0.05) is 17.8 Å². The number of carboxylic acid groups (broad SMARTS) is 1. The van der Waals surface area contributed by atoms with Crippen LogP contribution in [0, 0.1) is 12.7 Å². The number of halogens is 1. The predicted octanol–water partition coefficient (Wildman–Crippen LogP) is 3.28. The van der Waals surface area contributed by atoms with Crippen molar-refractivity contribution in [3.63, 3.8) is 0 Å². The summed E-state index contributed by atoms with van der Waals surface area (Å²) in [5.74, 6) is -1.99. The van der Waals surface area contributed by atoms with Crippen molar-refractivity contribution in [2.45, 2.75) is 26.8 Å². The van der Waals surface area contributed by atoms with Crippen LogP contribution in [0.15, 0.2) is 24.5 Å². The molecule has 0 spiro atoms. The van der Waals surface area contributed by atoms with E-state index in [-0.39, 0.29) is 11.6 Å². The van der Waals surface area contributed by atoms with E-state index in [0.717, 1.165) is 5.56 Å². The Morgan fingerprint density at radius 2 is 2.11 bits per heavy atom. The first kappa shape index (κ1) is 13.3. The second-order valence-corrected chi connectivity index (χ2v) is 4.75. The van der Waals surface area contributed by atoms with E-state index in [9.17, 15) is 9.18 Å². The van der Waals surface area contributed by atoms with Crippen LogP contribution < -0.4 is 0 Å². The smallest absolute Gasteiger partial charge is 0.338 e. The summed E-state index contributed by atoms with van der Waals surface area (Å²) in [6, 6.07) is 2.82. The summed E-state index contributed by atoms with van der Waals surface area (Å²) in [5, 5.41) is 13.1. The molecule has 4 nitrogen and oxygen atoms in total. The first-order valence-electron chi connectivity index (χ1n) is 5.98. The summed E-state index contributed by atoms with van der Waals surface area (Å²) < 4.78 is 15.5. The van der Waals surface area contributed by atoms with Crippen LogP contribution in [0.2, 0.25) is 0 Å². The SMILES string of the molecule is Cc1cc(C(=O)O)c(F)cc1-c1cnn(C(C)C)c1. The third-order valence-electron chi connectivity index (χ3n) is 2.99. The molecule has 0 bridgehead atoms. The highest BCUT2D eigenvalue weighted by molar-refractivity contribution is 5.89. The van der Waals surface area contributed by atoms with E-state index in [1.807, 2.05) is 20.0 Å². The van der Waals surface area contributed by atoms with Crippen molar-refractivity contribution in [3.05, 3.63) is 41.5 Å². The highest BCUT2D eigenvalue weighted by atomic mass is 19.1. The highest BCUT2D eigenvalue weighted by Crippen LogP contribution is 2.26. The van der Waals surface area contributed by atoms with Gasteiger partial charge in [0.15, 0.2) is 0 Å². The van der Waals surface area contributed by atoms with E-state index in [4.69, 9.17) is 5.11 Å². The summed E-state index contributed by atoms with van der Waals surface area (Å²) >= 11 is 0. The molecule has 1 heterocycles. The number of nitrogens with zero attached hydrogens (tertiary/aromatic N) is 2. The average molecular weight is 262 g/mol. The number of carboxylic acids is 1. The van der Waals surface area contributed by atoms with E-state index >= 15 is 0 Å². The Balaban J connectivity index is 2.50. The molecule has 0 unspecified atom stereocenters. The van der Waals surface area contributed by atoms with Crippen LogP contribution in [0.3, 0.4) is 0 Å². The molecule has 0 aliphatic heterocycles. The molecule has 0 aliphatic carbocycles. The molecule has 1 aromatic heterocycles. The van der Waals surface area contributed by atoms with Crippen molar-refractivity contribution in [1.29, 1.82) is 0 Å². The van der Waals surface area contributed by atoms with Gasteiger partial charge < -0.3 is 5.11 Å². The fraction of sp³-hybridized carbons (Fsp3) is 0.286. The monoisotopic (exact) mass is 262 g/mol. The van der Waals surface area contributed by atoms with E-state index in [0.29, 0.717) is 11.1 Å². The van der Waals surface area contributed by atoms with E-state index < -0.39 is 11.8 Å². The largest absolute Gasteiger partial charge is 0.478 e. The van der Waals surface area contributed by atoms with Gasteiger partial charge in [0.25, 0.3) is 0 Å². The first-order valence-corrected chi connectivity index (χ1v) is 5.98. The van der Waals surface area contributed by atoms with Gasteiger partial charge in [0.1, 0.15) is 5.82 Å². The van der Waals surface area contributed by atoms with Crippen LogP contribution in [-0.4, -0.2) is 20.9 Å². The lowest BCUT2D eigenvalue weighted by atomic mass is 10.0. The van der Waals surface area contributed by atoms with E-state index in [1.165, 1.54) is 12.1 Å². The van der Waals surface area contributed by atoms with Crippen molar-refractivity contribution in [3.8, 4) is 11.1 Å². The Morgan fingerprint density at radius 1 is 1.42 bits per heavy atom. The number of rotatable bonds is 3. The van der Waals surface area contributed by atoms with E-state index in [2.05, 4.69) is 5.10 Å². The zero-order valence-corrected chi connectivity index (χ0v) is 11.0. The highest BCUT2D eigenvalue weighted by Gasteiger charge is 2.15. The van der Waals surface area contributed by atoms with Gasteiger partial charge in [0.05, 0.1) is 11.8 Å². The Labute approximate surface area is 110 Å². The van der Waals surface area contributed by atoms with Gasteiger partial charge in [-0.1, -0.05) is 0 Å². The molecule has 0 aliphatic rings. The molecule has 0 saturated carbocycles. The van der Waals surface area contributed by atoms with Gasteiger partial charge in [0.2, 0.25) is 0 Å². The van der Waals surface area contributed by atoms with Gasteiger partial charge in [-0.2, -0.15) is 5.10 Å². The number of carbonyl (C=O) groups is 1. The van der Waals surface area contributed by atoms with Crippen molar-refractivity contribution in [2.75, 3.05) is 0 Å². The van der Waals surface area contributed by atoms with Crippen molar-refractivity contribution < 1.29 is 14.3 Å². The average Bonchev–Trinajstić information content (AvgIpc) is 2.80. The summed E-state index contributed by atoms with van der Waals surface area (Å²) in [5.41, 5.74) is 1.84. The van der Waals surface area contributed by atoms with Crippen LogP contribution in [0.4, 0.5) is 4.39 Å². The van der Waals surface area contributed by atoms with Crippen LogP contribution in [0.5, 0.6) is 0 Å². The summed E-state index contributed by atoms with van der Waals surface area (Å²) in [7, 11) is 0. The minimum Gasteiger partial charge on any atom is -0.478 e. The van der Waals surface area contributed by atoms with Gasteiger partial charge in [-0.3, -0.25) is 4.68 Å². The van der Waals surface area contributed by atoms with E-state index in [1.54, 1.807) is 17.8 Å². The Hall–Kier alpha value is -2.17. The fourth-order valence-corrected chi connectivity index (χ4v) is 1.92. The number of hydrogen-bond donors (Lipinski definition) is 1. The lowest BCUT2D eigenvalue weighted by Gasteiger charge is -2.07. The second-order valence-electron chi connectivity index (χ2n) is 4.75. The maximum atomic E-state index is 13.7. The van der Waals surface area contributed by atoms with Crippen molar-refractivity contribution in [2.24, 2.45) is 0 Å². The van der Waals surface area contributed by atoms with Crippen LogP contribution in [0.1, 0.15) is 35.8 Å². The third-order valence-corrected chi connectivity index (χ3v) is 2.99. The van der Waals surface area contributed by atoms with Crippen LogP contribution >= 0.6 is 0 Å². The Morgan fingerprint density at radius 3 is 2.63 bits per heavy atom. The molecule has 1 aromatic carbocycles. The first-order chi connectivity index (χ1) is 8.90. The molecule has 2 aromatic rings. The molecule has 0 saturated heterocycles. The molecule has 2 rings (SSSR count). The Bertz CT molecular complexity index is 632. The molecule has 0 fully saturated rings. The lowest BCUT2D eigenvalue weighted by Crippen LogP contribution is -2.02. The molecular formula is C14H15FN2O2. The maximum absolute atomic E-state index is 13.7. The van der Waals surface area contributed by atoms with Crippen LogP contribution in [0.25, 0.3) is 11.1 Å². The van der Waals surface area contributed by atoms with Gasteiger partial charge in [-0.25, -0.2) is 9.18 Å². The Kier molecular flexibility index (Phi) is 3.38. The lowest BCUT2D eigenvalue weighted by molar-refractivity contribution is 0.0692. The minimum absolute atomic E-state index is 0.220. The topological polar surface area (TPSA) is 55.1 Å². The molecular weight excluding hydrogens is 247 g/mol. The normalized spacial score (nSPS) is 11.0. The maximum Gasteiger partial charge on any atom is 0.338 e. The second kappa shape index (κ2) is 4.84. The zero-order valence-electron chi connectivity index (χ0n) is 11.0. The standard InChI is InChI=1S/C14H15FN2O2/c1-8(2)17-7-10(6-16-17)11-5-13(15)12(14(18)19)4-9(11)3/h4-8H,1-3H3,(H,18,19). The van der Waals surface area contributed by atoms with Gasteiger partial charge in [-0.05, 0) is 44.0 Å². The quantitative estimate of drug-likeness (QED) is 0.923. The van der Waals surface area contributed by atoms with Gasteiger partial charge >= 0.3 is 5.97 Å². The summed E-state index contributed by atoms with van der Waals surface area (Å²) in [6.07, 6.45) is 3.48. The molecule has 100 valence electrons. The summed E-state index contributed by atoms with van der Waals surface area (Å²) in [4.78, 5) is 10.9. The van der Waals surface area contributed by atoms with Crippen LogP contribution in [-0.2, 0) is 0 Å². The number of aromatic nitrogens is 2. The summed E-state index contributed by atoms with van der Waals surface area (Å²) in [6.45, 7) is 5.75. The molecule has 19 heavy (non-hydrogen) atoms. The number of benzene rings is 1. The number of hydrogen-bond acceptors (Lipinski definition) is 2. The predicted molar refractivity (Wildman–Crippen MR) is 69.7 cm³/mol. The number of aromatic carboxylic acids is 1.